The van der Waals surface area contributed by atoms with Crippen LogP contribution in [0, 0.1) is 0 Å². The molecular weight excluding hydrogens is 470 g/mol. The largest absolute Gasteiger partial charge is 0.494 e. The SMILES string of the molecule is O=C(NC(Cc1ccc(OCCCc2ccc3c(n2)CCCC3)cc1)C(=O)O)c1ccc2ocnc2c1. The highest BCUT2D eigenvalue weighted by Gasteiger charge is 2.21. The number of rotatable bonds is 10. The molecule has 1 aliphatic rings. The van der Waals surface area contributed by atoms with Gasteiger partial charge in [0.15, 0.2) is 12.0 Å². The van der Waals surface area contributed by atoms with E-state index in [4.69, 9.17) is 14.1 Å². The molecule has 0 spiro atoms. The van der Waals surface area contributed by atoms with E-state index in [1.807, 2.05) is 24.3 Å². The fraction of sp³-hybridized carbons (Fsp3) is 0.310. The number of pyridine rings is 1. The lowest BCUT2D eigenvalue weighted by Crippen LogP contribution is -2.42. The van der Waals surface area contributed by atoms with Crippen LogP contribution in [-0.4, -0.2) is 39.6 Å². The summed E-state index contributed by atoms with van der Waals surface area (Å²) in [5.74, 6) is -0.864. The molecule has 190 valence electrons. The first kappa shape index (κ1) is 24.5. The summed E-state index contributed by atoms with van der Waals surface area (Å²) in [5, 5.41) is 12.2. The zero-order valence-electron chi connectivity index (χ0n) is 20.5. The summed E-state index contributed by atoms with van der Waals surface area (Å²) < 4.78 is 11.1. The van der Waals surface area contributed by atoms with Crippen LogP contribution in [0.25, 0.3) is 11.1 Å². The lowest BCUT2D eigenvalue weighted by Gasteiger charge is -2.16. The van der Waals surface area contributed by atoms with Crippen LogP contribution in [0.2, 0.25) is 0 Å². The fourth-order valence-electron chi connectivity index (χ4n) is 4.61. The highest BCUT2D eigenvalue weighted by Crippen LogP contribution is 2.20. The smallest absolute Gasteiger partial charge is 0.326 e. The van der Waals surface area contributed by atoms with E-state index >= 15 is 0 Å². The Hall–Kier alpha value is -4.20. The maximum absolute atomic E-state index is 12.6. The average Bonchev–Trinajstić information content (AvgIpc) is 3.39. The molecule has 8 nitrogen and oxygen atoms in total. The van der Waals surface area contributed by atoms with Gasteiger partial charge in [-0.05, 0) is 86.1 Å². The number of aryl methyl sites for hydroxylation is 3. The molecule has 4 aromatic rings. The molecule has 0 fully saturated rings. The second-order valence-corrected chi connectivity index (χ2v) is 9.31. The summed E-state index contributed by atoms with van der Waals surface area (Å²) in [6, 6.07) is 15.4. The summed E-state index contributed by atoms with van der Waals surface area (Å²) in [5.41, 5.74) is 5.96. The number of amides is 1. The zero-order chi connectivity index (χ0) is 25.6. The number of hydrogen-bond acceptors (Lipinski definition) is 6. The van der Waals surface area contributed by atoms with Crippen molar-refractivity contribution < 1.29 is 23.8 Å². The van der Waals surface area contributed by atoms with Crippen molar-refractivity contribution in [3.63, 3.8) is 0 Å². The predicted octanol–water partition coefficient (Wildman–Crippen LogP) is 4.54. The molecule has 0 aliphatic heterocycles. The predicted molar refractivity (Wildman–Crippen MR) is 138 cm³/mol. The highest BCUT2D eigenvalue weighted by atomic mass is 16.5. The standard InChI is InChI=1S/C29H29N3O5/c33-28(21-10-14-27-25(17-21)30-18-37-27)32-26(29(34)35)16-19-7-12-23(13-8-19)36-15-3-5-22-11-9-20-4-1-2-6-24(20)31-22/h7-14,17-18,26H,1-6,15-16H2,(H,32,33)(H,34,35). The average molecular weight is 500 g/mol. The molecule has 0 radical (unpaired) electrons. The van der Waals surface area contributed by atoms with Crippen molar-refractivity contribution in [2.45, 2.75) is 51.0 Å². The molecule has 2 N–H and O–H groups in total. The van der Waals surface area contributed by atoms with E-state index in [0.717, 1.165) is 42.7 Å². The minimum absolute atomic E-state index is 0.150. The number of carboxylic acids is 1. The Morgan fingerprint density at radius 2 is 1.89 bits per heavy atom. The Bertz CT molecular complexity index is 1400. The summed E-state index contributed by atoms with van der Waals surface area (Å²) in [4.78, 5) is 33.3. The minimum atomic E-state index is -1.10. The van der Waals surface area contributed by atoms with E-state index in [2.05, 4.69) is 22.4 Å². The van der Waals surface area contributed by atoms with Gasteiger partial charge in [-0.15, -0.1) is 0 Å². The second-order valence-electron chi connectivity index (χ2n) is 9.31. The van der Waals surface area contributed by atoms with E-state index in [-0.39, 0.29) is 6.42 Å². The van der Waals surface area contributed by atoms with E-state index < -0.39 is 17.9 Å². The third-order valence-corrected chi connectivity index (χ3v) is 6.64. The number of nitrogens with one attached hydrogen (secondary N) is 1. The molecule has 0 saturated carbocycles. The molecule has 8 heteroatoms. The van der Waals surface area contributed by atoms with Gasteiger partial charge in [0.25, 0.3) is 5.91 Å². The third-order valence-electron chi connectivity index (χ3n) is 6.64. The van der Waals surface area contributed by atoms with E-state index in [1.54, 1.807) is 18.2 Å². The van der Waals surface area contributed by atoms with Crippen LogP contribution >= 0.6 is 0 Å². The van der Waals surface area contributed by atoms with Crippen LogP contribution in [-0.2, 0) is 30.5 Å². The van der Waals surface area contributed by atoms with Gasteiger partial charge >= 0.3 is 5.97 Å². The van der Waals surface area contributed by atoms with Gasteiger partial charge in [0.1, 0.15) is 17.3 Å². The third kappa shape index (κ3) is 6.14. The molecule has 1 unspecified atom stereocenters. The number of oxazole rings is 1. The molecule has 37 heavy (non-hydrogen) atoms. The van der Waals surface area contributed by atoms with Gasteiger partial charge in [0.2, 0.25) is 0 Å². The topological polar surface area (TPSA) is 115 Å². The lowest BCUT2D eigenvalue weighted by molar-refractivity contribution is -0.139. The minimum Gasteiger partial charge on any atom is -0.494 e. The number of carbonyl (C=O) groups is 2. The van der Waals surface area contributed by atoms with Crippen molar-refractivity contribution in [3.8, 4) is 5.75 Å². The zero-order valence-corrected chi connectivity index (χ0v) is 20.5. The van der Waals surface area contributed by atoms with Crippen molar-refractivity contribution in [2.75, 3.05) is 6.61 Å². The number of aliphatic carboxylic acids is 1. The maximum atomic E-state index is 12.6. The lowest BCUT2D eigenvalue weighted by atomic mass is 9.95. The molecule has 5 rings (SSSR count). The summed E-state index contributed by atoms with van der Waals surface area (Å²) in [6.07, 6.45) is 7.88. The van der Waals surface area contributed by atoms with Gasteiger partial charge in [-0.25, -0.2) is 9.78 Å². The number of benzene rings is 2. The normalized spacial score (nSPS) is 13.6. The van der Waals surface area contributed by atoms with Gasteiger partial charge < -0.3 is 19.6 Å². The Kier molecular flexibility index (Phi) is 7.44. The summed E-state index contributed by atoms with van der Waals surface area (Å²) in [7, 11) is 0. The molecule has 2 aromatic heterocycles. The van der Waals surface area contributed by atoms with Crippen molar-refractivity contribution in [2.24, 2.45) is 0 Å². The van der Waals surface area contributed by atoms with Gasteiger partial charge in [-0.2, -0.15) is 0 Å². The number of carbonyl (C=O) groups excluding carboxylic acids is 1. The van der Waals surface area contributed by atoms with Crippen LogP contribution in [0.4, 0.5) is 0 Å². The number of fused-ring (bicyclic) bond motifs is 2. The van der Waals surface area contributed by atoms with Crippen molar-refractivity contribution >= 4 is 23.0 Å². The highest BCUT2D eigenvalue weighted by molar-refractivity contribution is 5.98. The maximum Gasteiger partial charge on any atom is 0.326 e. The van der Waals surface area contributed by atoms with Gasteiger partial charge in [-0.3, -0.25) is 9.78 Å². The van der Waals surface area contributed by atoms with E-state index in [0.29, 0.717) is 23.3 Å². The molecule has 1 aliphatic carbocycles. The number of carboxylic acid groups (broad SMARTS) is 1. The number of aromatic nitrogens is 2. The monoisotopic (exact) mass is 499 g/mol. The molecule has 2 aromatic carbocycles. The Morgan fingerprint density at radius 3 is 2.73 bits per heavy atom. The van der Waals surface area contributed by atoms with Gasteiger partial charge in [-0.1, -0.05) is 18.2 Å². The van der Waals surface area contributed by atoms with Crippen molar-refractivity contribution in [3.05, 3.63) is 89.1 Å². The van der Waals surface area contributed by atoms with Gasteiger partial charge in [0, 0.05) is 23.4 Å². The molecular formula is C29H29N3O5. The van der Waals surface area contributed by atoms with Crippen molar-refractivity contribution in [1.29, 1.82) is 0 Å². The number of ether oxygens (including phenoxy) is 1. The summed E-state index contributed by atoms with van der Waals surface area (Å²) >= 11 is 0. The first-order valence-electron chi connectivity index (χ1n) is 12.6. The quantitative estimate of drug-likeness (QED) is 0.308. The second kappa shape index (κ2) is 11.2. The molecule has 2 heterocycles. The van der Waals surface area contributed by atoms with E-state index in [1.165, 1.54) is 30.5 Å². The van der Waals surface area contributed by atoms with Gasteiger partial charge in [0.05, 0.1) is 6.61 Å². The Balaban J connectivity index is 1.11. The van der Waals surface area contributed by atoms with E-state index in [9.17, 15) is 14.7 Å². The molecule has 0 bridgehead atoms. The first-order chi connectivity index (χ1) is 18.0. The van der Waals surface area contributed by atoms with Crippen molar-refractivity contribution in [1.82, 2.24) is 15.3 Å². The van der Waals surface area contributed by atoms with Crippen LogP contribution < -0.4 is 10.1 Å². The molecule has 0 saturated heterocycles. The van der Waals surface area contributed by atoms with Crippen LogP contribution in [0.15, 0.2) is 65.4 Å². The summed E-state index contributed by atoms with van der Waals surface area (Å²) in [6.45, 7) is 0.571. The molecule has 1 amide bonds. The number of nitrogens with zero attached hydrogens (tertiary/aromatic N) is 2. The van der Waals surface area contributed by atoms with Crippen LogP contribution in [0.1, 0.15) is 52.1 Å². The first-order valence-corrected chi connectivity index (χ1v) is 12.6. The Morgan fingerprint density at radius 1 is 1.05 bits per heavy atom. The van der Waals surface area contributed by atoms with Crippen LogP contribution in [0.5, 0.6) is 5.75 Å². The molecule has 1 atom stereocenters. The Labute approximate surface area is 214 Å². The van der Waals surface area contributed by atoms with Crippen LogP contribution in [0.3, 0.4) is 0 Å². The number of hydrogen-bond donors (Lipinski definition) is 2. The fourth-order valence-corrected chi connectivity index (χ4v) is 4.61.